The Labute approximate surface area is 119 Å². The highest BCUT2D eigenvalue weighted by atomic mass is 32.2. The molecular weight excluding hydrogens is 274 g/mol. The number of sulfonamides is 1. The Morgan fingerprint density at radius 1 is 1.10 bits per heavy atom. The van der Waals surface area contributed by atoms with Crippen LogP contribution in [-0.4, -0.2) is 15.5 Å². The van der Waals surface area contributed by atoms with Gasteiger partial charge in [0.2, 0.25) is 0 Å². The van der Waals surface area contributed by atoms with E-state index in [9.17, 15) is 8.42 Å². The molecule has 2 rings (SSSR count). The molecule has 0 atom stereocenters. The standard InChI is InChI=1S/C15H17NO3S/c1-3-12-7-9-15(10-8-12)20(17,18)16-13-5-4-6-14(11-13)19-2/h4-11,16H,3H2,1-2H3. The number of anilines is 1. The van der Waals surface area contributed by atoms with Crippen molar-refractivity contribution in [2.75, 3.05) is 11.8 Å². The van der Waals surface area contributed by atoms with E-state index in [-0.39, 0.29) is 4.90 Å². The summed E-state index contributed by atoms with van der Waals surface area (Å²) in [4.78, 5) is 0.248. The van der Waals surface area contributed by atoms with Crippen LogP contribution in [0.1, 0.15) is 12.5 Å². The number of nitrogens with one attached hydrogen (secondary N) is 1. The van der Waals surface area contributed by atoms with E-state index in [4.69, 9.17) is 4.74 Å². The first-order valence-electron chi connectivity index (χ1n) is 6.31. The maximum atomic E-state index is 12.2. The molecule has 0 heterocycles. The van der Waals surface area contributed by atoms with Crippen LogP contribution in [0.5, 0.6) is 5.75 Å². The van der Waals surface area contributed by atoms with Gasteiger partial charge in [0.1, 0.15) is 5.75 Å². The van der Waals surface area contributed by atoms with Gasteiger partial charge in [0.15, 0.2) is 0 Å². The summed E-state index contributed by atoms with van der Waals surface area (Å²) in [6, 6.07) is 13.7. The summed E-state index contributed by atoms with van der Waals surface area (Å²) in [6.45, 7) is 2.03. The molecule has 0 spiro atoms. The third-order valence-electron chi connectivity index (χ3n) is 2.96. The van der Waals surface area contributed by atoms with Gasteiger partial charge in [-0.15, -0.1) is 0 Å². The number of rotatable bonds is 5. The smallest absolute Gasteiger partial charge is 0.261 e. The molecule has 0 fully saturated rings. The SMILES string of the molecule is CCc1ccc(S(=O)(=O)Nc2cccc(OC)c2)cc1. The molecule has 0 unspecified atom stereocenters. The van der Waals surface area contributed by atoms with Crippen LogP contribution in [0.4, 0.5) is 5.69 Å². The minimum Gasteiger partial charge on any atom is -0.497 e. The quantitative estimate of drug-likeness (QED) is 0.921. The fourth-order valence-electron chi connectivity index (χ4n) is 1.80. The van der Waals surface area contributed by atoms with E-state index in [2.05, 4.69) is 4.72 Å². The van der Waals surface area contributed by atoms with Gasteiger partial charge in [0, 0.05) is 6.07 Å². The van der Waals surface area contributed by atoms with Crippen LogP contribution in [0, 0.1) is 0 Å². The van der Waals surface area contributed by atoms with Crippen LogP contribution in [0.15, 0.2) is 53.4 Å². The van der Waals surface area contributed by atoms with Gasteiger partial charge in [-0.1, -0.05) is 25.1 Å². The minimum atomic E-state index is -3.57. The second-order valence-electron chi connectivity index (χ2n) is 4.33. The first kappa shape index (κ1) is 14.4. The first-order valence-corrected chi connectivity index (χ1v) is 7.79. The predicted molar refractivity (Wildman–Crippen MR) is 79.6 cm³/mol. The van der Waals surface area contributed by atoms with Crippen molar-refractivity contribution in [3.63, 3.8) is 0 Å². The van der Waals surface area contributed by atoms with Crippen molar-refractivity contribution in [1.29, 1.82) is 0 Å². The highest BCUT2D eigenvalue weighted by molar-refractivity contribution is 7.92. The van der Waals surface area contributed by atoms with Gasteiger partial charge >= 0.3 is 0 Å². The molecule has 1 N–H and O–H groups in total. The van der Waals surface area contributed by atoms with E-state index in [1.54, 1.807) is 36.4 Å². The highest BCUT2D eigenvalue weighted by Crippen LogP contribution is 2.20. The van der Waals surface area contributed by atoms with Crippen LogP contribution < -0.4 is 9.46 Å². The molecule has 0 amide bonds. The van der Waals surface area contributed by atoms with Gasteiger partial charge in [0.05, 0.1) is 17.7 Å². The molecule has 0 aliphatic heterocycles. The molecule has 0 aliphatic rings. The molecule has 106 valence electrons. The summed E-state index contributed by atoms with van der Waals surface area (Å²) in [5, 5.41) is 0. The van der Waals surface area contributed by atoms with Gasteiger partial charge in [0.25, 0.3) is 10.0 Å². The lowest BCUT2D eigenvalue weighted by Gasteiger charge is -2.09. The third-order valence-corrected chi connectivity index (χ3v) is 4.36. The average Bonchev–Trinajstić information content (AvgIpc) is 2.47. The van der Waals surface area contributed by atoms with Crippen molar-refractivity contribution >= 4 is 15.7 Å². The molecule has 0 saturated carbocycles. The Balaban J connectivity index is 2.25. The van der Waals surface area contributed by atoms with Crippen molar-refractivity contribution in [1.82, 2.24) is 0 Å². The average molecular weight is 291 g/mol. The lowest BCUT2D eigenvalue weighted by Crippen LogP contribution is -2.12. The summed E-state index contributed by atoms with van der Waals surface area (Å²) < 4.78 is 32.1. The lowest BCUT2D eigenvalue weighted by molar-refractivity contribution is 0.415. The molecule has 0 radical (unpaired) electrons. The minimum absolute atomic E-state index is 0.248. The van der Waals surface area contributed by atoms with Gasteiger partial charge in [-0.25, -0.2) is 8.42 Å². The monoisotopic (exact) mass is 291 g/mol. The molecule has 0 aliphatic carbocycles. The fourth-order valence-corrected chi connectivity index (χ4v) is 2.85. The lowest BCUT2D eigenvalue weighted by atomic mass is 10.2. The Hall–Kier alpha value is -2.01. The second-order valence-corrected chi connectivity index (χ2v) is 6.02. The summed E-state index contributed by atoms with van der Waals surface area (Å²) in [6.07, 6.45) is 0.879. The normalized spacial score (nSPS) is 11.1. The molecule has 0 bridgehead atoms. The number of benzene rings is 2. The summed E-state index contributed by atoms with van der Waals surface area (Å²) >= 11 is 0. The summed E-state index contributed by atoms with van der Waals surface area (Å²) in [7, 11) is -2.03. The van der Waals surface area contributed by atoms with Gasteiger partial charge in [-0.3, -0.25) is 4.72 Å². The molecular formula is C15H17NO3S. The van der Waals surface area contributed by atoms with E-state index in [1.807, 2.05) is 19.1 Å². The zero-order valence-corrected chi connectivity index (χ0v) is 12.3. The molecule has 2 aromatic rings. The second kappa shape index (κ2) is 5.96. The molecule has 0 aromatic heterocycles. The van der Waals surface area contributed by atoms with Gasteiger partial charge in [-0.05, 0) is 36.2 Å². The summed E-state index contributed by atoms with van der Waals surface area (Å²) in [5.41, 5.74) is 1.58. The number of methoxy groups -OCH3 is 1. The van der Waals surface area contributed by atoms with Crippen LogP contribution in [-0.2, 0) is 16.4 Å². The van der Waals surface area contributed by atoms with E-state index >= 15 is 0 Å². The number of hydrogen-bond acceptors (Lipinski definition) is 3. The third kappa shape index (κ3) is 3.30. The predicted octanol–water partition coefficient (Wildman–Crippen LogP) is 3.06. The topological polar surface area (TPSA) is 55.4 Å². The summed E-state index contributed by atoms with van der Waals surface area (Å²) in [5.74, 6) is 0.603. The maximum absolute atomic E-state index is 12.2. The Morgan fingerprint density at radius 2 is 1.80 bits per heavy atom. The molecule has 20 heavy (non-hydrogen) atoms. The molecule has 0 saturated heterocycles. The van der Waals surface area contributed by atoms with Crippen LogP contribution in [0.2, 0.25) is 0 Å². The largest absolute Gasteiger partial charge is 0.497 e. The van der Waals surface area contributed by atoms with Crippen molar-refractivity contribution in [3.8, 4) is 5.75 Å². The van der Waals surface area contributed by atoms with Gasteiger partial charge in [-0.2, -0.15) is 0 Å². The van der Waals surface area contributed by atoms with Crippen molar-refractivity contribution < 1.29 is 13.2 Å². The number of ether oxygens (including phenoxy) is 1. The van der Waals surface area contributed by atoms with Crippen molar-refractivity contribution in [2.24, 2.45) is 0 Å². The maximum Gasteiger partial charge on any atom is 0.261 e. The van der Waals surface area contributed by atoms with E-state index in [0.717, 1.165) is 12.0 Å². The molecule has 2 aromatic carbocycles. The Bertz CT molecular complexity index is 679. The zero-order chi connectivity index (χ0) is 14.6. The molecule has 5 heteroatoms. The Morgan fingerprint density at radius 3 is 2.40 bits per heavy atom. The first-order chi connectivity index (χ1) is 9.55. The zero-order valence-electron chi connectivity index (χ0n) is 11.5. The number of hydrogen-bond donors (Lipinski definition) is 1. The highest BCUT2D eigenvalue weighted by Gasteiger charge is 2.14. The Kier molecular flexibility index (Phi) is 4.29. The van der Waals surface area contributed by atoms with E-state index < -0.39 is 10.0 Å². The number of aryl methyl sites for hydroxylation is 1. The van der Waals surface area contributed by atoms with Crippen molar-refractivity contribution in [2.45, 2.75) is 18.2 Å². The van der Waals surface area contributed by atoms with Crippen molar-refractivity contribution in [3.05, 3.63) is 54.1 Å². The van der Waals surface area contributed by atoms with E-state index in [0.29, 0.717) is 11.4 Å². The van der Waals surface area contributed by atoms with Crippen LogP contribution in [0.3, 0.4) is 0 Å². The molecule has 4 nitrogen and oxygen atoms in total. The van der Waals surface area contributed by atoms with Crippen LogP contribution >= 0.6 is 0 Å². The van der Waals surface area contributed by atoms with E-state index in [1.165, 1.54) is 7.11 Å². The fraction of sp³-hybridized carbons (Fsp3) is 0.200. The van der Waals surface area contributed by atoms with Crippen LogP contribution in [0.25, 0.3) is 0 Å². The van der Waals surface area contributed by atoms with Gasteiger partial charge < -0.3 is 4.74 Å².